The molecule has 3 rings (SSSR count). The van der Waals surface area contributed by atoms with E-state index in [0.717, 1.165) is 32.0 Å². The quantitative estimate of drug-likeness (QED) is 0.810. The molecule has 0 aromatic heterocycles. The molecule has 3 aliphatic rings. The van der Waals surface area contributed by atoms with Crippen LogP contribution in [0.15, 0.2) is 0 Å². The average Bonchev–Trinajstić information content (AvgIpc) is 2.86. The topological polar surface area (TPSA) is 52.6 Å². The first-order valence-electron chi connectivity index (χ1n) is 8.42. The molecule has 0 radical (unpaired) electrons. The van der Waals surface area contributed by atoms with Gasteiger partial charge in [0.25, 0.3) is 0 Å². The number of likely N-dealkylation sites (tertiary alicyclic amines) is 1. The molecule has 0 bridgehead atoms. The van der Waals surface area contributed by atoms with Crippen LogP contribution in [0, 0.1) is 11.8 Å². The second-order valence-corrected chi connectivity index (χ2v) is 7.13. The monoisotopic (exact) mass is 280 g/mol. The molecule has 1 heterocycles. The molecule has 4 heteroatoms. The molecule has 3 fully saturated rings. The Kier molecular flexibility index (Phi) is 4.61. The van der Waals surface area contributed by atoms with Gasteiger partial charge in [-0.05, 0) is 38.0 Å². The lowest BCUT2D eigenvalue weighted by molar-refractivity contribution is -0.144. The van der Waals surface area contributed by atoms with Crippen LogP contribution < -0.4 is 5.32 Å². The lowest BCUT2D eigenvalue weighted by Gasteiger charge is -2.40. The van der Waals surface area contributed by atoms with Crippen LogP contribution in [0.3, 0.4) is 0 Å². The summed E-state index contributed by atoms with van der Waals surface area (Å²) in [5.74, 6) is 0.0407. The largest absolute Gasteiger partial charge is 0.481 e. The third kappa shape index (κ3) is 3.53. The van der Waals surface area contributed by atoms with Crippen molar-refractivity contribution in [1.29, 1.82) is 0 Å². The first kappa shape index (κ1) is 14.3. The van der Waals surface area contributed by atoms with Gasteiger partial charge in [-0.1, -0.05) is 19.3 Å². The number of hydrogen-bond acceptors (Lipinski definition) is 3. The zero-order chi connectivity index (χ0) is 13.9. The first-order valence-corrected chi connectivity index (χ1v) is 8.42. The molecule has 2 N–H and O–H groups in total. The maximum atomic E-state index is 11.4. The minimum Gasteiger partial charge on any atom is -0.481 e. The highest BCUT2D eigenvalue weighted by atomic mass is 16.4. The normalized spacial score (nSPS) is 33.2. The minimum absolute atomic E-state index is 0.178. The lowest BCUT2D eigenvalue weighted by Crippen LogP contribution is -2.54. The molecule has 20 heavy (non-hydrogen) atoms. The number of carbonyl (C=O) groups is 1. The number of nitrogens with zero attached hydrogens (tertiary/aromatic N) is 1. The van der Waals surface area contributed by atoms with Gasteiger partial charge in [0.05, 0.1) is 5.92 Å². The van der Waals surface area contributed by atoms with Crippen molar-refractivity contribution in [2.45, 2.75) is 63.5 Å². The summed E-state index contributed by atoms with van der Waals surface area (Å²) >= 11 is 0. The number of carboxylic acid groups (broad SMARTS) is 1. The number of aliphatic carboxylic acids is 1. The van der Waals surface area contributed by atoms with Crippen LogP contribution in [0.1, 0.15) is 51.4 Å². The summed E-state index contributed by atoms with van der Waals surface area (Å²) in [7, 11) is 0. The molecule has 1 aliphatic heterocycles. The Labute approximate surface area is 121 Å². The highest BCUT2D eigenvalue weighted by Crippen LogP contribution is 2.29. The van der Waals surface area contributed by atoms with E-state index in [0.29, 0.717) is 12.1 Å². The Bertz CT molecular complexity index is 337. The molecule has 0 spiro atoms. The number of nitrogens with one attached hydrogen (secondary N) is 1. The van der Waals surface area contributed by atoms with E-state index in [1.807, 2.05) is 0 Å². The third-order valence-electron chi connectivity index (χ3n) is 5.44. The molecule has 0 amide bonds. The average molecular weight is 280 g/mol. The number of hydrogen-bond donors (Lipinski definition) is 2. The van der Waals surface area contributed by atoms with Gasteiger partial charge in [-0.2, -0.15) is 0 Å². The predicted octanol–water partition coefficient (Wildman–Crippen LogP) is 2.09. The Morgan fingerprint density at radius 1 is 1.05 bits per heavy atom. The smallest absolute Gasteiger partial charge is 0.307 e. The maximum absolute atomic E-state index is 11.4. The molecule has 2 unspecified atom stereocenters. The molecular formula is C16H28N2O2. The van der Waals surface area contributed by atoms with Gasteiger partial charge in [0.15, 0.2) is 0 Å². The highest BCUT2D eigenvalue weighted by molar-refractivity contribution is 5.70. The van der Waals surface area contributed by atoms with Crippen LogP contribution in [0.2, 0.25) is 0 Å². The SMILES string of the molecule is O=C(O)C1CC(NC2CCCC2)CN(CC2CCC2)C1. The van der Waals surface area contributed by atoms with Gasteiger partial charge in [-0.25, -0.2) is 0 Å². The molecule has 1 saturated heterocycles. The van der Waals surface area contributed by atoms with Crippen LogP contribution in [-0.4, -0.2) is 47.7 Å². The van der Waals surface area contributed by atoms with Crippen molar-refractivity contribution in [3.8, 4) is 0 Å². The van der Waals surface area contributed by atoms with Crippen LogP contribution in [0.4, 0.5) is 0 Å². The van der Waals surface area contributed by atoms with Crippen molar-refractivity contribution in [1.82, 2.24) is 10.2 Å². The van der Waals surface area contributed by atoms with Gasteiger partial charge in [0.1, 0.15) is 0 Å². The fourth-order valence-electron chi connectivity index (χ4n) is 4.11. The van der Waals surface area contributed by atoms with Crippen molar-refractivity contribution in [2.75, 3.05) is 19.6 Å². The van der Waals surface area contributed by atoms with E-state index in [1.54, 1.807) is 0 Å². The molecular weight excluding hydrogens is 252 g/mol. The summed E-state index contributed by atoms with van der Waals surface area (Å²) in [4.78, 5) is 13.8. The summed E-state index contributed by atoms with van der Waals surface area (Å²) in [5, 5.41) is 13.1. The Morgan fingerprint density at radius 3 is 2.40 bits per heavy atom. The van der Waals surface area contributed by atoms with Crippen LogP contribution in [-0.2, 0) is 4.79 Å². The summed E-state index contributed by atoms with van der Waals surface area (Å²) in [5.41, 5.74) is 0. The van der Waals surface area contributed by atoms with E-state index in [2.05, 4.69) is 10.2 Å². The lowest BCUT2D eigenvalue weighted by atomic mass is 9.84. The predicted molar refractivity (Wildman–Crippen MR) is 78.7 cm³/mol. The van der Waals surface area contributed by atoms with Gasteiger partial charge in [-0.3, -0.25) is 4.79 Å². The number of piperidine rings is 1. The van der Waals surface area contributed by atoms with Crippen molar-refractivity contribution >= 4 is 5.97 Å². The summed E-state index contributed by atoms with van der Waals surface area (Å²) in [6.07, 6.45) is 10.1. The third-order valence-corrected chi connectivity index (χ3v) is 5.44. The van der Waals surface area contributed by atoms with Crippen LogP contribution in [0.5, 0.6) is 0 Å². The van der Waals surface area contributed by atoms with E-state index in [4.69, 9.17) is 0 Å². The van der Waals surface area contributed by atoms with E-state index >= 15 is 0 Å². The van der Waals surface area contributed by atoms with Crippen molar-refractivity contribution in [2.24, 2.45) is 11.8 Å². The van der Waals surface area contributed by atoms with Crippen LogP contribution in [0.25, 0.3) is 0 Å². The number of carboxylic acids is 1. The van der Waals surface area contributed by atoms with Crippen LogP contribution >= 0.6 is 0 Å². The highest BCUT2D eigenvalue weighted by Gasteiger charge is 2.34. The fourth-order valence-corrected chi connectivity index (χ4v) is 4.11. The van der Waals surface area contributed by atoms with E-state index < -0.39 is 5.97 Å². The Morgan fingerprint density at radius 2 is 1.80 bits per heavy atom. The summed E-state index contributed by atoms with van der Waals surface area (Å²) in [6.45, 7) is 2.93. The van der Waals surface area contributed by atoms with Gasteiger partial charge >= 0.3 is 5.97 Å². The molecule has 114 valence electrons. The molecule has 2 aliphatic carbocycles. The molecule has 0 aromatic carbocycles. The second-order valence-electron chi connectivity index (χ2n) is 7.13. The van der Waals surface area contributed by atoms with E-state index in [-0.39, 0.29) is 5.92 Å². The van der Waals surface area contributed by atoms with Gasteiger partial charge < -0.3 is 15.3 Å². The van der Waals surface area contributed by atoms with Crippen molar-refractivity contribution < 1.29 is 9.90 Å². The zero-order valence-corrected chi connectivity index (χ0v) is 12.4. The molecule has 2 atom stereocenters. The minimum atomic E-state index is -0.610. The van der Waals surface area contributed by atoms with E-state index in [1.165, 1.54) is 44.9 Å². The maximum Gasteiger partial charge on any atom is 0.307 e. The zero-order valence-electron chi connectivity index (χ0n) is 12.4. The van der Waals surface area contributed by atoms with E-state index in [9.17, 15) is 9.90 Å². The first-order chi connectivity index (χ1) is 9.70. The van der Waals surface area contributed by atoms with Crippen molar-refractivity contribution in [3.63, 3.8) is 0 Å². The summed E-state index contributed by atoms with van der Waals surface area (Å²) in [6, 6.07) is 1.02. The fraction of sp³-hybridized carbons (Fsp3) is 0.938. The Hall–Kier alpha value is -0.610. The second kappa shape index (κ2) is 6.44. The molecule has 2 saturated carbocycles. The Balaban J connectivity index is 1.55. The van der Waals surface area contributed by atoms with Gasteiger partial charge in [0, 0.05) is 31.7 Å². The molecule has 0 aromatic rings. The van der Waals surface area contributed by atoms with Gasteiger partial charge in [0.2, 0.25) is 0 Å². The standard InChI is InChI=1S/C16H28N2O2/c19-16(20)13-8-15(17-14-6-1-2-7-14)11-18(10-13)9-12-4-3-5-12/h12-15,17H,1-11H2,(H,19,20). The number of rotatable bonds is 5. The van der Waals surface area contributed by atoms with Crippen molar-refractivity contribution in [3.05, 3.63) is 0 Å². The van der Waals surface area contributed by atoms with Gasteiger partial charge in [-0.15, -0.1) is 0 Å². The summed E-state index contributed by atoms with van der Waals surface area (Å²) < 4.78 is 0. The molecule has 4 nitrogen and oxygen atoms in total.